The van der Waals surface area contributed by atoms with Crippen LogP contribution in [0.2, 0.25) is 0 Å². The highest BCUT2D eigenvalue weighted by molar-refractivity contribution is 7.91. The van der Waals surface area contributed by atoms with E-state index < -0.39 is 19.7 Å². The molecule has 1 aliphatic rings. The van der Waals surface area contributed by atoms with Gasteiger partial charge in [0.05, 0.1) is 17.3 Å². The highest BCUT2D eigenvalue weighted by atomic mass is 32.2. The van der Waals surface area contributed by atoms with Gasteiger partial charge in [0, 0.05) is 5.75 Å². The first kappa shape index (κ1) is 17.9. The predicted molar refractivity (Wildman–Crippen MR) is 82.4 cm³/mol. The van der Waals surface area contributed by atoms with E-state index in [1.807, 2.05) is 0 Å². The van der Waals surface area contributed by atoms with Gasteiger partial charge in [-0.15, -0.1) is 0 Å². The van der Waals surface area contributed by atoms with E-state index in [4.69, 9.17) is 0 Å². The van der Waals surface area contributed by atoms with Crippen molar-refractivity contribution in [2.45, 2.75) is 33.1 Å². The molecular weight excluding hydrogens is 298 g/mol. The highest BCUT2D eigenvalue weighted by Gasteiger charge is 2.33. The molecule has 0 aromatic heterocycles. The minimum Gasteiger partial charge on any atom is -0.316 e. The highest BCUT2D eigenvalue weighted by Crippen LogP contribution is 2.28. The zero-order chi connectivity index (χ0) is 15.2. The van der Waals surface area contributed by atoms with Crippen LogP contribution in [0.1, 0.15) is 33.1 Å². The maximum absolute atomic E-state index is 11.6. The Balaban J connectivity index is 2.61. The molecule has 0 spiro atoms. The number of hydrogen-bond acceptors (Lipinski definition) is 5. The van der Waals surface area contributed by atoms with Crippen molar-refractivity contribution in [3.05, 3.63) is 0 Å². The largest absolute Gasteiger partial charge is 0.316 e. The summed E-state index contributed by atoms with van der Waals surface area (Å²) in [5.74, 6) is 1.04. The molecule has 2 unspecified atom stereocenters. The van der Waals surface area contributed by atoms with E-state index in [0.717, 1.165) is 13.0 Å². The average molecular weight is 325 g/mol. The Bertz CT molecular complexity index is 485. The summed E-state index contributed by atoms with van der Waals surface area (Å²) in [6, 6.07) is 0. The molecule has 1 N–H and O–H groups in total. The van der Waals surface area contributed by atoms with Crippen molar-refractivity contribution in [1.82, 2.24) is 5.32 Å². The van der Waals surface area contributed by atoms with Crippen LogP contribution in [-0.2, 0) is 19.7 Å². The third-order valence-corrected chi connectivity index (χ3v) is 7.54. The van der Waals surface area contributed by atoms with Gasteiger partial charge in [-0.05, 0) is 44.2 Å². The minimum absolute atomic E-state index is 0.108. The van der Waals surface area contributed by atoms with Gasteiger partial charge < -0.3 is 5.32 Å². The van der Waals surface area contributed by atoms with Crippen molar-refractivity contribution in [1.29, 1.82) is 0 Å². The number of rotatable bonds is 9. The molecule has 0 amide bonds. The Morgan fingerprint density at radius 3 is 2.50 bits per heavy atom. The van der Waals surface area contributed by atoms with E-state index in [1.165, 1.54) is 0 Å². The molecule has 1 aliphatic heterocycles. The zero-order valence-corrected chi connectivity index (χ0v) is 14.1. The maximum Gasteiger partial charge on any atom is 0.150 e. The molecule has 1 heterocycles. The van der Waals surface area contributed by atoms with Gasteiger partial charge in [-0.3, -0.25) is 0 Å². The second-order valence-corrected chi connectivity index (χ2v) is 10.4. The van der Waals surface area contributed by atoms with Crippen molar-refractivity contribution >= 4 is 19.7 Å². The van der Waals surface area contributed by atoms with E-state index in [9.17, 15) is 16.8 Å². The normalized spacial score (nSPS) is 23.8. The van der Waals surface area contributed by atoms with Crippen molar-refractivity contribution in [2.24, 2.45) is 11.8 Å². The number of hydrogen-bond donors (Lipinski definition) is 1. The van der Waals surface area contributed by atoms with Crippen LogP contribution in [0.3, 0.4) is 0 Å². The van der Waals surface area contributed by atoms with Crippen LogP contribution in [0, 0.1) is 11.8 Å². The van der Waals surface area contributed by atoms with Gasteiger partial charge in [0.15, 0.2) is 9.84 Å². The van der Waals surface area contributed by atoms with Crippen LogP contribution in [0.15, 0.2) is 0 Å². The summed E-state index contributed by atoms with van der Waals surface area (Å²) in [4.78, 5) is 0. The standard InChI is InChI=1S/C13H27NO4S2/c1-3-7-14-10-12(5-8-19(15,16)4-2)13-6-9-20(17,18)11-13/h12-14H,3-11H2,1-2H3. The maximum atomic E-state index is 11.6. The second kappa shape index (κ2) is 7.75. The molecule has 0 aromatic carbocycles. The zero-order valence-electron chi connectivity index (χ0n) is 12.5. The Kier molecular flexibility index (Phi) is 6.94. The van der Waals surface area contributed by atoms with Gasteiger partial charge in [-0.25, -0.2) is 16.8 Å². The first-order valence-corrected chi connectivity index (χ1v) is 11.1. The monoisotopic (exact) mass is 325 g/mol. The molecule has 0 aromatic rings. The predicted octanol–water partition coefficient (Wildman–Crippen LogP) is 0.862. The third kappa shape index (κ3) is 6.10. The molecule has 0 radical (unpaired) electrons. The van der Waals surface area contributed by atoms with E-state index in [2.05, 4.69) is 12.2 Å². The Hall–Kier alpha value is -0.140. The van der Waals surface area contributed by atoms with Gasteiger partial charge in [-0.1, -0.05) is 13.8 Å². The quantitative estimate of drug-likeness (QED) is 0.636. The lowest BCUT2D eigenvalue weighted by Crippen LogP contribution is -2.31. The van der Waals surface area contributed by atoms with Gasteiger partial charge >= 0.3 is 0 Å². The lowest BCUT2D eigenvalue weighted by molar-refractivity contribution is 0.336. The summed E-state index contributed by atoms with van der Waals surface area (Å²) in [7, 11) is -5.89. The van der Waals surface area contributed by atoms with Crippen LogP contribution < -0.4 is 5.32 Å². The Labute approximate surface area is 123 Å². The molecule has 1 rings (SSSR count). The lowest BCUT2D eigenvalue weighted by Gasteiger charge is -2.23. The first-order chi connectivity index (χ1) is 9.29. The Morgan fingerprint density at radius 1 is 1.30 bits per heavy atom. The molecule has 7 heteroatoms. The molecule has 120 valence electrons. The van der Waals surface area contributed by atoms with Gasteiger partial charge in [0.1, 0.15) is 9.84 Å². The first-order valence-electron chi connectivity index (χ1n) is 7.41. The van der Waals surface area contributed by atoms with Crippen LogP contribution >= 0.6 is 0 Å². The van der Waals surface area contributed by atoms with E-state index in [-0.39, 0.29) is 34.8 Å². The SMILES string of the molecule is CCCNCC(CCS(=O)(=O)CC)C1CCS(=O)(=O)C1. The van der Waals surface area contributed by atoms with Crippen LogP contribution in [0.25, 0.3) is 0 Å². The lowest BCUT2D eigenvalue weighted by atomic mass is 9.89. The number of sulfone groups is 2. The smallest absolute Gasteiger partial charge is 0.150 e. The minimum atomic E-state index is -2.98. The molecular formula is C13H27NO4S2. The van der Waals surface area contributed by atoms with E-state index >= 15 is 0 Å². The molecule has 1 saturated heterocycles. The molecule has 5 nitrogen and oxygen atoms in total. The molecule has 0 aliphatic carbocycles. The number of nitrogens with one attached hydrogen (secondary N) is 1. The van der Waals surface area contributed by atoms with Crippen molar-refractivity contribution in [3.63, 3.8) is 0 Å². The summed E-state index contributed by atoms with van der Waals surface area (Å²) in [5, 5.41) is 3.30. The fourth-order valence-corrected chi connectivity index (χ4v) is 5.51. The summed E-state index contributed by atoms with van der Waals surface area (Å²) in [6.07, 6.45) is 2.25. The third-order valence-electron chi connectivity index (χ3n) is 4.01. The fourth-order valence-electron chi connectivity index (χ4n) is 2.64. The van der Waals surface area contributed by atoms with E-state index in [0.29, 0.717) is 19.4 Å². The Morgan fingerprint density at radius 2 is 2.00 bits per heavy atom. The summed E-state index contributed by atoms with van der Waals surface area (Å²) >= 11 is 0. The van der Waals surface area contributed by atoms with Crippen LogP contribution in [-0.4, -0.2) is 52.9 Å². The van der Waals surface area contributed by atoms with E-state index in [1.54, 1.807) is 6.92 Å². The molecule has 0 saturated carbocycles. The van der Waals surface area contributed by atoms with Crippen LogP contribution in [0.5, 0.6) is 0 Å². The van der Waals surface area contributed by atoms with Crippen molar-refractivity contribution in [3.8, 4) is 0 Å². The van der Waals surface area contributed by atoms with Gasteiger partial charge in [-0.2, -0.15) is 0 Å². The molecule has 20 heavy (non-hydrogen) atoms. The topological polar surface area (TPSA) is 80.3 Å². The molecule has 0 bridgehead atoms. The van der Waals surface area contributed by atoms with Gasteiger partial charge in [0.2, 0.25) is 0 Å². The van der Waals surface area contributed by atoms with Crippen molar-refractivity contribution < 1.29 is 16.8 Å². The summed E-state index contributed by atoms with van der Waals surface area (Å²) < 4.78 is 46.5. The van der Waals surface area contributed by atoms with Crippen molar-refractivity contribution in [2.75, 3.05) is 36.1 Å². The summed E-state index contributed by atoms with van der Waals surface area (Å²) in [6.45, 7) is 5.33. The van der Waals surface area contributed by atoms with Crippen LogP contribution in [0.4, 0.5) is 0 Å². The van der Waals surface area contributed by atoms with Gasteiger partial charge in [0.25, 0.3) is 0 Å². The second-order valence-electron chi connectivity index (χ2n) is 5.65. The molecule has 1 fully saturated rings. The summed E-state index contributed by atoms with van der Waals surface area (Å²) in [5.41, 5.74) is 0. The average Bonchev–Trinajstić information content (AvgIpc) is 2.74. The molecule has 2 atom stereocenters. The fraction of sp³-hybridized carbons (Fsp3) is 1.00.